The first kappa shape index (κ1) is 44.0. The number of methoxy groups -OCH3 is 2. The van der Waals surface area contributed by atoms with E-state index in [9.17, 15) is 19.7 Å². The molecule has 0 radical (unpaired) electrons. The molecule has 0 saturated carbocycles. The van der Waals surface area contributed by atoms with Crippen molar-refractivity contribution >= 4 is 31.5 Å². The summed E-state index contributed by atoms with van der Waals surface area (Å²) in [7, 11) is 1.11. The lowest BCUT2D eigenvalue weighted by Gasteiger charge is -2.42. The van der Waals surface area contributed by atoms with Crippen molar-refractivity contribution in [2.75, 3.05) is 32.8 Å². The molecule has 0 aliphatic carbocycles. The molecule has 0 saturated heterocycles. The molecule has 3 N–H and O–H groups in total. The summed E-state index contributed by atoms with van der Waals surface area (Å²) in [6.45, 7) is 11.8. The predicted molar refractivity (Wildman–Crippen MR) is 224 cm³/mol. The van der Waals surface area contributed by atoms with Crippen molar-refractivity contribution in [3.8, 4) is 17.6 Å². The maximum Gasteiger partial charge on any atom is 0.280 e. The molecule has 2 atom stereocenters. The van der Waals surface area contributed by atoms with Gasteiger partial charge in [0.2, 0.25) is 11.9 Å². The van der Waals surface area contributed by atoms with Crippen LogP contribution in [0.15, 0.2) is 90.0 Å². The normalized spacial score (nSPS) is 13.2. The number of imidazole rings is 1. The lowest BCUT2D eigenvalue weighted by molar-refractivity contribution is -0.118. The number of benzene rings is 3. The van der Waals surface area contributed by atoms with Crippen molar-refractivity contribution in [3.63, 3.8) is 0 Å². The van der Waals surface area contributed by atoms with Crippen molar-refractivity contribution in [2.45, 2.75) is 78.1 Å². The van der Waals surface area contributed by atoms with Gasteiger partial charge in [-0.2, -0.15) is 10.2 Å². The zero-order valence-corrected chi connectivity index (χ0v) is 35.3. The van der Waals surface area contributed by atoms with E-state index in [1.807, 2.05) is 111 Å². The van der Waals surface area contributed by atoms with Crippen LogP contribution in [-0.4, -0.2) is 74.0 Å². The standard InChI is InChI=1S/C43H54N7O7P/c1-29(2)39(51)47-41-46-38-37(40(52)48-41)45-28-49(38)25-31(27-57-58(53)50(30(3)4)42(5,6)23-12-24-44)26-56-43(32-13-10-9-11-14-32,33-15-19-35(54-7)20-16-33)34-17-21-36(55-8)22-18-34/h9-11,13-22,28-31,53H,12,23,25-27H2,1-8H3,(H2,46,47,48,51,52)/t31-,58?/m1/s1. The zero-order valence-electron chi connectivity index (χ0n) is 34.4. The Balaban J connectivity index is 1.60. The lowest BCUT2D eigenvalue weighted by atomic mass is 9.80. The summed E-state index contributed by atoms with van der Waals surface area (Å²) >= 11 is 0. The fourth-order valence-electron chi connectivity index (χ4n) is 7.00. The summed E-state index contributed by atoms with van der Waals surface area (Å²) in [5, 5.41) is 12.0. The van der Waals surface area contributed by atoms with Gasteiger partial charge in [-0.05, 0) is 75.1 Å². The minimum absolute atomic E-state index is 0.00941. The number of nitrogens with zero attached hydrogens (tertiary/aromatic N) is 5. The molecule has 2 heterocycles. The SMILES string of the molecule is COc1ccc(C(OC[C@H](COP(O)N(C(C)C)C(C)(C)CCC#N)Cn2cnc3c(=O)[nH]c(NC(=O)C(C)C)nc32)(c2ccccc2)c2ccc(OC)cc2)cc1. The number of aromatic nitrogens is 4. The average Bonchev–Trinajstić information content (AvgIpc) is 3.62. The number of H-pyrrole nitrogens is 1. The first-order valence-corrected chi connectivity index (χ1v) is 20.4. The molecule has 1 amide bonds. The summed E-state index contributed by atoms with van der Waals surface area (Å²) < 4.78 is 28.4. The zero-order chi connectivity index (χ0) is 42.0. The van der Waals surface area contributed by atoms with Crippen LogP contribution in [0.3, 0.4) is 0 Å². The van der Waals surface area contributed by atoms with Crippen LogP contribution in [0.1, 0.15) is 71.1 Å². The highest BCUT2D eigenvalue weighted by Crippen LogP contribution is 2.47. The van der Waals surface area contributed by atoms with Crippen LogP contribution in [0.4, 0.5) is 5.95 Å². The van der Waals surface area contributed by atoms with Crippen molar-refractivity contribution in [1.29, 1.82) is 5.26 Å². The van der Waals surface area contributed by atoms with Crippen molar-refractivity contribution in [2.24, 2.45) is 11.8 Å². The summed E-state index contributed by atoms with van der Waals surface area (Å²) in [6, 6.07) is 27.5. The monoisotopic (exact) mass is 811 g/mol. The van der Waals surface area contributed by atoms with Gasteiger partial charge in [-0.25, -0.2) is 9.65 Å². The topological polar surface area (TPSA) is 177 Å². The number of hydrogen-bond acceptors (Lipinski definition) is 11. The minimum atomic E-state index is -2.13. The number of hydrogen-bond donors (Lipinski definition) is 3. The summed E-state index contributed by atoms with van der Waals surface area (Å²) in [5.74, 6) is 0.291. The van der Waals surface area contributed by atoms with E-state index in [1.165, 1.54) is 6.33 Å². The van der Waals surface area contributed by atoms with Crippen LogP contribution in [0.25, 0.3) is 11.2 Å². The molecule has 308 valence electrons. The molecular formula is C43H54N7O7P. The van der Waals surface area contributed by atoms with E-state index < -0.39 is 31.1 Å². The number of rotatable bonds is 20. The highest BCUT2D eigenvalue weighted by atomic mass is 31.2. The van der Waals surface area contributed by atoms with Crippen LogP contribution in [0.2, 0.25) is 0 Å². The predicted octanol–water partition coefficient (Wildman–Crippen LogP) is 7.38. The molecule has 0 fully saturated rings. The maximum atomic E-state index is 13.1. The number of nitriles is 1. The van der Waals surface area contributed by atoms with Gasteiger partial charge in [0.1, 0.15) is 17.1 Å². The Bertz CT molecular complexity index is 2150. The second-order valence-electron chi connectivity index (χ2n) is 15.3. The van der Waals surface area contributed by atoms with E-state index in [2.05, 4.69) is 26.3 Å². The second kappa shape index (κ2) is 19.5. The van der Waals surface area contributed by atoms with E-state index in [0.29, 0.717) is 24.3 Å². The van der Waals surface area contributed by atoms with Gasteiger partial charge < -0.3 is 28.2 Å². The lowest BCUT2D eigenvalue weighted by Crippen LogP contribution is -2.44. The Labute approximate surface area is 341 Å². The van der Waals surface area contributed by atoms with Gasteiger partial charge in [-0.1, -0.05) is 68.4 Å². The van der Waals surface area contributed by atoms with Gasteiger partial charge in [-0.15, -0.1) is 0 Å². The van der Waals surface area contributed by atoms with E-state index >= 15 is 0 Å². The van der Waals surface area contributed by atoms with Gasteiger partial charge in [0.05, 0.1) is 39.8 Å². The highest BCUT2D eigenvalue weighted by Gasteiger charge is 2.40. The smallest absolute Gasteiger partial charge is 0.280 e. The molecule has 5 rings (SSSR count). The van der Waals surface area contributed by atoms with Crippen LogP contribution in [-0.2, 0) is 26.2 Å². The van der Waals surface area contributed by atoms with Gasteiger partial charge in [0, 0.05) is 36.4 Å². The molecule has 0 bridgehead atoms. The van der Waals surface area contributed by atoms with Crippen molar-refractivity contribution in [3.05, 3.63) is 112 Å². The maximum absolute atomic E-state index is 13.1. The quantitative estimate of drug-likeness (QED) is 0.0528. The van der Waals surface area contributed by atoms with E-state index in [0.717, 1.165) is 16.7 Å². The number of anilines is 1. The number of amides is 1. The Kier molecular flexibility index (Phi) is 14.8. The summed E-state index contributed by atoms with van der Waals surface area (Å²) in [5.41, 5.74) is 0.728. The van der Waals surface area contributed by atoms with Gasteiger partial charge in [0.15, 0.2) is 11.2 Å². The Morgan fingerprint density at radius 3 is 2.07 bits per heavy atom. The van der Waals surface area contributed by atoms with Crippen molar-refractivity contribution < 1.29 is 28.4 Å². The largest absolute Gasteiger partial charge is 0.497 e. The van der Waals surface area contributed by atoms with Crippen LogP contribution in [0, 0.1) is 23.2 Å². The number of aromatic amines is 1. The first-order chi connectivity index (χ1) is 27.7. The number of carbonyl (C=O) groups is 1. The van der Waals surface area contributed by atoms with Gasteiger partial charge >= 0.3 is 0 Å². The third-order valence-corrected chi connectivity index (χ3v) is 11.7. The Hall–Kier alpha value is -5.16. The van der Waals surface area contributed by atoms with Crippen LogP contribution in [0.5, 0.6) is 11.5 Å². The second-order valence-corrected chi connectivity index (χ2v) is 16.5. The molecular weight excluding hydrogens is 757 g/mol. The van der Waals surface area contributed by atoms with Crippen LogP contribution >= 0.6 is 8.53 Å². The number of ether oxygens (including phenoxy) is 3. The molecule has 58 heavy (non-hydrogen) atoms. The molecule has 3 aromatic carbocycles. The molecule has 14 nitrogen and oxygen atoms in total. The highest BCUT2D eigenvalue weighted by molar-refractivity contribution is 7.43. The minimum Gasteiger partial charge on any atom is -0.497 e. The first-order valence-electron chi connectivity index (χ1n) is 19.3. The van der Waals surface area contributed by atoms with Crippen molar-refractivity contribution in [1.82, 2.24) is 24.2 Å². The fraction of sp³-hybridized carbons (Fsp3) is 0.419. The summed E-state index contributed by atoms with van der Waals surface area (Å²) in [4.78, 5) is 49.0. The van der Waals surface area contributed by atoms with Crippen LogP contribution < -0.4 is 20.3 Å². The van der Waals surface area contributed by atoms with Gasteiger partial charge in [-0.3, -0.25) is 19.9 Å². The van der Waals surface area contributed by atoms with E-state index in [1.54, 1.807) is 32.6 Å². The summed E-state index contributed by atoms with van der Waals surface area (Å²) in [6.07, 6.45) is 2.39. The van der Waals surface area contributed by atoms with E-state index in [-0.39, 0.29) is 54.7 Å². The fourth-order valence-corrected chi connectivity index (χ4v) is 8.42. The molecule has 1 unspecified atom stereocenters. The number of fused-ring (bicyclic) bond motifs is 1. The Morgan fingerprint density at radius 2 is 1.53 bits per heavy atom. The van der Waals surface area contributed by atoms with Gasteiger partial charge in [0.25, 0.3) is 14.1 Å². The molecule has 5 aromatic rings. The van der Waals surface area contributed by atoms with E-state index in [4.69, 9.17) is 18.7 Å². The number of carbonyl (C=O) groups excluding carboxylic acids is 1. The third-order valence-electron chi connectivity index (χ3n) is 9.97. The Morgan fingerprint density at radius 1 is 0.948 bits per heavy atom. The molecule has 0 aliphatic rings. The third kappa shape index (κ3) is 10.1. The molecule has 0 spiro atoms. The number of nitrogens with one attached hydrogen (secondary N) is 2. The molecule has 15 heteroatoms. The average molecular weight is 812 g/mol. The molecule has 2 aromatic heterocycles. The molecule has 0 aliphatic heterocycles.